The van der Waals surface area contributed by atoms with E-state index in [0.29, 0.717) is 11.8 Å². The Morgan fingerprint density at radius 3 is 2.75 bits per heavy atom. The van der Waals surface area contributed by atoms with Gasteiger partial charge in [0.15, 0.2) is 5.96 Å². The summed E-state index contributed by atoms with van der Waals surface area (Å²) in [6.07, 6.45) is 4.84. The summed E-state index contributed by atoms with van der Waals surface area (Å²) in [7, 11) is 3.94. The topological polar surface area (TPSA) is 40.5 Å². The average molecular weight is 345 g/mol. The maximum absolute atomic E-state index is 4.43. The summed E-state index contributed by atoms with van der Waals surface area (Å²) in [4.78, 5) is 12.3. The summed E-state index contributed by atoms with van der Waals surface area (Å²) < 4.78 is 0. The van der Waals surface area contributed by atoms with E-state index in [2.05, 4.69) is 64.7 Å². The lowest BCUT2D eigenvalue weighted by Gasteiger charge is -2.26. The fourth-order valence-corrected chi connectivity index (χ4v) is 3.46. The summed E-state index contributed by atoms with van der Waals surface area (Å²) in [5.74, 6) is 1.90. The fraction of sp³-hybridized carbons (Fsp3) is 0.474. The van der Waals surface area contributed by atoms with Crippen molar-refractivity contribution in [2.24, 2.45) is 10.9 Å². The molecule has 5 heteroatoms. The molecule has 0 aliphatic carbocycles. The average Bonchev–Trinajstić information content (AvgIpc) is 3.10. The highest BCUT2D eigenvalue weighted by molar-refractivity contribution is 7.09. The van der Waals surface area contributed by atoms with Crippen molar-refractivity contribution in [3.05, 3.63) is 52.5 Å². The SMILES string of the molecule is CN=C(NCC(c1cccnc1)C(C)C)N(C)CCc1cccs1. The van der Waals surface area contributed by atoms with Crippen molar-refractivity contribution < 1.29 is 0 Å². The van der Waals surface area contributed by atoms with Crippen LogP contribution in [0, 0.1) is 5.92 Å². The minimum atomic E-state index is 0.418. The van der Waals surface area contributed by atoms with E-state index in [1.807, 2.05) is 36.8 Å². The molecular weight excluding hydrogens is 316 g/mol. The fourth-order valence-electron chi connectivity index (χ4n) is 2.76. The van der Waals surface area contributed by atoms with Crippen LogP contribution in [0.2, 0.25) is 0 Å². The van der Waals surface area contributed by atoms with E-state index < -0.39 is 0 Å². The first-order valence-electron chi connectivity index (χ1n) is 8.46. The highest BCUT2D eigenvalue weighted by Gasteiger charge is 2.17. The first-order valence-corrected chi connectivity index (χ1v) is 9.34. The first-order chi connectivity index (χ1) is 11.6. The van der Waals surface area contributed by atoms with Crippen LogP contribution in [0.1, 0.15) is 30.2 Å². The third-order valence-electron chi connectivity index (χ3n) is 4.24. The van der Waals surface area contributed by atoms with Crippen molar-refractivity contribution in [3.8, 4) is 0 Å². The third kappa shape index (κ3) is 5.34. The van der Waals surface area contributed by atoms with E-state index in [0.717, 1.165) is 25.5 Å². The second-order valence-corrected chi connectivity index (χ2v) is 7.35. The summed E-state index contributed by atoms with van der Waals surface area (Å²) in [5.41, 5.74) is 1.27. The molecule has 0 fully saturated rings. The van der Waals surface area contributed by atoms with E-state index in [1.54, 1.807) is 0 Å². The van der Waals surface area contributed by atoms with Gasteiger partial charge in [-0.15, -0.1) is 11.3 Å². The summed E-state index contributed by atoms with van der Waals surface area (Å²) >= 11 is 1.81. The van der Waals surface area contributed by atoms with Crippen LogP contribution >= 0.6 is 11.3 Å². The van der Waals surface area contributed by atoms with Crippen LogP contribution in [0.4, 0.5) is 0 Å². The van der Waals surface area contributed by atoms with Gasteiger partial charge in [-0.1, -0.05) is 26.0 Å². The van der Waals surface area contributed by atoms with E-state index in [4.69, 9.17) is 0 Å². The van der Waals surface area contributed by atoms with Crippen molar-refractivity contribution in [2.45, 2.75) is 26.2 Å². The minimum absolute atomic E-state index is 0.418. The van der Waals surface area contributed by atoms with Crippen LogP contribution in [0.3, 0.4) is 0 Å². The molecule has 0 aliphatic rings. The molecule has 24 heavy (non-hydrogen) atoms. The predicted octanol–water partition coefficient (Wildman–Crippen LogP) is 3.63. The molecular formula is C19H28N4S. The maximum Gasteiger partial charge on any atom is 0.193 e. The lowest BCUT2D eigenvalue weighted by molar-refractivity contribution is 0.453. The Bertz CT molecular complexity index is 608. The molecule has 4 nitrogen and oxygen atoms in total. The number of hydrogen-bond donors (Lipinski definition) is 1. The number of nitrogens with zero attached hydrogens (tertiary/aromatic N) is 3. The van der Waals surface area contributed by atoms with Gasteiger partial charge >= 0.3 is 0 Å². The number of thiophene rings is 1. The Balaban J connectivity index is 1.91. The molecule has 1 atom stereocenters. The largest absolute Gasteiger partial charge is 0.356 e. The maximum atomic E-state index is 4.43. The zero-order valence-electron chi connectivity index (χ0n) is 15.1. The zero-order chi connectivity index (χ0) is 17.4. The predicted molar refractivity (Wildman–Crippen MR) is 104 cm³/mol. The third-order valence-corrected chi connectivity index (χ3v) is 5.18. The van der Waals surface area contributed by atoms with Gasteiger partial charge in [0.05, 0.1) is 0 Å². The van der Waals surface area contributed by atoms with Gasteiger partial charge in [-0.3, -0.25) is 9.98 Å². The standard InChI is InChI=1S/C19H28N4S/c1-15(2)18(16-7-5-10-21-13-16)14-22-19(20-3)23(4)11-9-17-8-6-12-24-17/h5-8,10,12-13,15,18H,9,11,14H2,1-4H3,(H,20,22). The second kappa shape index (κ2) is 9.42. The number of likely N-dealkylation sites (N-methyl/N-ethyl adjacent to an activating group) is 1. The summed E-state index contributed by atoms with van der Waals surface area (Å²) in [6.45, 7) is 6.32. The Kier molecular flexibility index (Phi) is 7.25. The normalized spacial score (nSPS) is 13.1. The Labute approximate surface area is 149 Å². The van der Waals surface area contributed by atoms with Gasteiger partial charge in [-0.2, -0.15) is 0 Å². The van der Waals surface area contributed by atoms with Crippen LogP contribution in [-0.2, 0) is 6.42 Å². The van der Waals surface area contributed by atoms with Crippen LogP contribution in [0.25, 0.3) is 0 Å². The van der Waals surface area contributed by atoms with Gasteiger partial charge < -0.3 is 10.2 Å². The van der Waals surface area contributed by atoms with Crippen molar-refractivity contribution in [2.75, 3.05) is 27.2 Å². The number of hydrogen-bond acceptors (Lipinski definition) is 3. The van der Waals surface area contributed by atoms with E-state index in [9.17, 15) is 0 Å². The molecule has 2 aromatic heterocycles. The molecule has 0 amide bonds. The molecule has 1 N–H and O–H groups in total. The van der Waals surface area contributed by atoms with Crippen LogP contribution < -0.4 is 5.32 Å². The molecule has 2 rings (SSSR count). The Hall–Kier alpha value is -1.88. The van der Waals surface area contributed by atoms with Crippen molar-refractivity contribution in [1.29, 1.82) is 0 Å². The highest BCUT2D eigenvalue weighted by atomic mass is 32.1. The molecule has 0 aliphatic heterocycles. The smallest absolute Gasteiger partial charge is 0.193 e. The van der Waals surface area contributed by atoms with E-state index in [1.165, 1.54) is 10.4 Å². The van der Waals surface area contributed by atoms with Crippen LogP contribution in [-0.4, -0.2) is 43.0 Å². The van der Waals surface area contributed by atoms with E-state index >= 15 is 0 Å². The molecule has 0 saturated heterocycles. The van der Waals surface area contributed by atoms with Crippen molar-refractivity contribution >= 4 is 17.3 Å². The lowest BCUT2D eigenvalue weighted by Crippen LogP contribution is -2.42. The van der Waals surface area contributed by atoms with Gasteiger partial charge in [0, 0.05) is 50.4 Å². The second-order valence-electron chi connectivity index (χ2n) is 6.32. The summed E-state index contributed by atoms with van der Waals surface area (Å²) in [6, 6.07) is 8.45. The number of nitrogens with one attached hydrogen (secondary N) is 1. The molecule has 1 unspecified atom stereocenters. The summed E-state index contributed by atoms with van der Waals surface area (Å²) in [5, 5.41) is 5.66. The monoisotopic (exact) mass is 344 g/mol. The van der Waals surface area contributed by atoms with Crippen molar-refractivity contribution in [3.63, 3.8) is 0 Å². The Morgan fingerprint density at radius 2 is 2.17 bits per heavy atom. The molecule has 130 valence electrons. The van der Waals surface area contributed by atoms with Gasteiger partial charge in [0.2, 0.25) is 0 Å². The number of aromatic nitrogens is 1. The zero-order valence-corrected chi connectivity index (χ0v) is 15.9. The molecule has 0 aromatic carbocycles. The highest BCUT2D eigenvalue weighted by Crippen LogP contribution is 2.22. The molecule has 0 bridgehead atoms. The first kappa shape index (κ1) is 18.5. The number of pyridine rings is 1. The Morgan fingerprint density at radius 1 is 1.33 bits per heavy atom. The van der Waals surface area contributed by atoms with Crippen molar-refractivity contribution in [1.82, 2.24) is 15.2 Å². The van der Waals surface area contributed by atoms with Gasteiger partial charge in [0.1, 0.15) is 0 Å². The number of rotatable bonds is 7. The van der Waals surface area contributed by atoms with E-state index in [-0.39, 0.29) is 0 Å². The molecule has 0 spiro atoms. The lowest BCUT2D eigenvalue weighted by atomic mass is 9.89. The molecule has 0 radical (unpaired) electrons. The molecule has 2 heterocycles. The van der Waals surface area contributed by atoms with Gasteiger partial charge in [-0.05, 0) is 35.4 Å². The van der Waals surface area contributed by atoms with Crippen LogP contribution in [0.5, 0.6) is 0 Å². The number of aliphatic imine (C=N–C) groups is 1. The van der Waals surface area contributed by atoms with Crippen LogP contribution in [0.15, 0.2) is 47.0 Å². The minimum Gasteiger partial charge on any atom is -0.356 e. The molecule has 0 saturated carbocycles. The van der Waals surface area contributed by atoms with Gasteiger partial charge in [0.25, 0.3) is 0 Å². The van der Waals surface area contributed by atoms with Gasteiger partial charge in [-0.25, -0.2) is 0 Å². The number of guanidine groups is 1. The quantitative estimate of drug-likeness (QED) is 0.616. The molecule has 2 aromatic rings.